The zero-order chi connectivity index (χ0) is 19.9. The number of aryl methyl sites for hydroxylation is 1. The van der Waals surface area contributed by atoms with Gasteiger partial charge in [-0.1, -0.05) is 23.7 Å². The highest BCUT2D eigenvalue weighted by atomic mass is 127. The second kappa shape index (κ2) is 11.5. The number of hydrogen-bond donors (Lipinski definition) is 1. The van der Waals surface area contributed by atoms with Gasteiger partial charge in [-0.2, -0.15) is 5.10 Å². The van der Waals surface area contributed by atoms with E-state index < -0.39 is 0 Å². The first kappa shape index (κ1) is 23.6. The molecule has 6 nitrogen and oxygen atoms in total. The van der Waals surface area contributed by atoms with Gasteiger partial charge in [0.25, 0.3) is 0 Å². The van der Waals surface area contributed by atoms with Gasteiger partial charge in [0.15, 0.2) is 5.96 Å². The molecule has 1 atom stereocenters. The summed E-state index contributed by atoms with van der Waals surface area (Å²) in [4.78, 5) is 11.5. The minimum Gasteiger partial charge on any atom is -0.357 e. The Balaban J connectivity index is 0.00000300. The van der Waals surface area contributed by atoms with Crippen molar-refractivity contribution >= 4 is 52.9 Å². The number of nitrogens with zero attached hydrogens (tertiary/aromatic N) is 5. The Morgan fingerprint density at radius 2 is 2.10 bits per heavy atom. The molecule has 0 spiro atoms. The first-order valence-electron chi connectivity index (χ1n) is 9.22. The zero-order valence-electron chi connectivity index (χ0n) is 16.7. The summed E-state index contributed by atoms with van der Waals surface area (Å²) in [5.74, 6) is 0.847. The third kappa shape index (κ3) is 6.68. The van der Waals surface area contributed by atoms with E-state index in [4.69, 9.17) is 16.6 Å². The largest absolute Gasteiger partial charge is 0.357 e. The topological polar surface area (TPSA) is 58.3 Å². The molecule has 0 aliphatic rings. The number of hydrogen-bond acceptors (Lipinski definition) is 4. The number of guanidine groups is 1. The number of aliphatic imine (C=N–C) groups is 1. The van der Waals surface area contributed by atoms with Gasteiger partial charge in [0, 0.05) is 36.4 Å². The minimum absolute atomic E-state index is 0. The Morgan fingerprint density at radius 1 is 1.34 bits per heavy atom. The number of rotatable bonds is 7. The van der Waals surface area contributed by atoms with E-state index in [0.717, 1.165) is 33.8 Å². The maximum absolute atomic E-state index is 6.06. The van der Waals surface area contributed by atoms with Crippen LogP contribution < -0.4 is 5.32 Å². The van der Waals surface area contributed by atoms with Gasteiger partial charge >= 0.3 is 0 Å². The molecule has 29 heavy (non-hydrogen) atoms. The molecule has 0 saturated heterocycles. The van der Waals surface area contributed by atoms with Crippen molar-refractivity contribution in [2.75, 3.05) is 20.1 Å². The molecule has 1 N–H and O–H groups in total. The van der Waals surface area contributed by atoms with Gasteiger partial charge in [0.05, 0.1) is 29.8 Å². The summed E-state index contributed by atoms with van der Waals surface area (Å²) in [6, 6.07) is 9.78. The number of aromatic nitrogens is 3. The van der Waals surface area contributed by atoms with Crippen molar-refractivity contribution in [3.63, 3.8) is 0 Å². The smallest absolute Gasteiger partial charge is 0.194 e. The van der Waals surface area contributed by atoms with Crippen molar-refractivity contribution in [2.45, 2.75) is 26.4 Å². The average molecular weight is 545 g/mol. The predicted octanol–water partition coefficient (Wildman–Crippen LogP) is 4.61. The molecule has 0 aliphatic heterocycles. The summed E-state index contributed by atoms with van der Waals surface area (Å²) < 4.78 is 1.93. The molecule has 0 aliphatic carbocycles. The fourth-order valence-electron chi connectivity index (χ4n) is 2.93. The quantitative estimate of drug-likeness (QED) is 0.268. The third-order valence-electron chi connectivity index (χ3n) is 4.28. The molecule has 2 aromatic heterocycles. The van der Waals surface area contributed by atoms with Crippen LogP contribution in [0.4, 0.5) is 0 Å². The van der Waals surface area contributed by atoms with Gasteiger partial charge in [-0.05, 0) is 37.6 Å². The Hall–Kier alpha value is -1.65. The van der Waals surface area contributed by atoms with Crippen molar-refractivity contribution in [3.05, 3.63) is 69.4 Å². The summed E-state index contributed by atoms with van der Waals surface area (Å²) in [7, 11) is 2.03. The van der Waals surface area contributed by atoms with E-state index in [1.54, 1.807) is 17.5 Å². The van der Waals surface area contributed by atoms with Crippen LogP contribution in [0, 0.1) is 6.92 Å². The van der Waals surface area contributed by atoms with Crippen LogP contribution in [0.2, 0.25) is 5.02 Å². The van der Waals surface area contributed by atoms with Crippen LogP contribution in [0.25, 0.3) is 0 Å². The summed E-state index contributed by atoms with van der Waals surface area (Å²) in [6.45, 7) is 6.16. The number of benzene rings is 1. The lowest BCUT2D eigenvalue weighted by atomic mass is 10.1. The van der Waals surface area contributed by atoms with Crippen LogP contribution in [0.3, 0.4) is 0 Å². The lowest BCUT2D eigenvalue weighted by molar-refractivity contribution is 0.464. The standard InChI is InChI=1S/C20H25ClN6S.HI/c1-4-22-20(26(3)13-18-14-28-15(2)25-18)23-12-19(27-11-5-10-24-27)16-6-8-17(21)9-7-16;/h5-11,14,19H,4,12-13H2,1-3H3,(H,22,23);1H. The monoisotopic (exact) mass is 544 g/mol. The molecule has 0 radical (unpaired) electrons. The van der Waals surface area contributed by atoms with Gasteiger partial charge in [0.1, 0.15) is 0 Å². The highest BCUT2D eigenvalue weighted by Crippen LogP contribution is 2.20. The van der Waals surface area contributed by atoms with Crippen molar-refractivity contribution in [1.29, 1.82) is 0 Å². The first-order chi connectivity index (χ1) is 13.6. The van der Waals surface area contributed by atoms with Crippen LogP contribution in [-0.2, 0) is 6.54 Å². The van der Waals surface area contributed by atoms with E-state index in [-0.39, 0.29) is 30.0 Å². The fourth-order valence-corrected chi connectivity index (χ4v) is 3.66. The van der Waals surface area contributed by atoms with Crippen molar-refractivity contribution in [1.82, 2.24) is 25.0 Å². The van der Waals surface area contributed by atoms with E-state index in [2.05, 4.69) is 32.6 Å². The Morgan fingerprint density at radius 3 is 2.69 bits per heavy atom. The van der Waals surface area contributed by atoms with E-state index in [1.165, 1.54) is 0 Å². The van der Waals surface area contributed by atoms with Crippen molar-refractivity contribution in [2.24, 2.45) is 4.99 Å². The molecule has 3 rings (SSSR count). The second-order valence-corrected chi connectivity index (χ2v) is 7.96. The Kier molecular flexibility index (Phi) is 9.38. The predicted molar refractivity (Wildman–Crippen MR) is 132 cm³/mol. The average Bonchev–Trinajstić information content (AvgIpc) is 3.34. The Labute approximate surface area is 198 Å². The first-order valence-corrected chi connectivity index (χ1v) is 10.5. The van der Waals surface area contributed by atoms with Crippen LogP contribution in [0.1, 0.15) is 29.2 Å². The lowest BCUT2D eigenvalue weighted by Gasteiger charge is -2.23. The van der Waals surface area contributed by atoms with E-state index >= 15 is 0 Å². The molecular weight excluding hydrogens is 519 g/mol. The van der Waals surface area contributed by atoms with E-state index in [9.17, 15) is 0 Å². The summed E-state index contributed by atoms with van der Waals surface area (Å²) >= 11 is 7.72. The molecule has 9 heteroatoms. The van der Waals surface area contributed by atoms with Crippen LogP contribution in [-0.4, -0.2) is 45.8 Å². The maximum atomic E-state index is 6.06. The van der Waals surface area contributed by atoms with Crippen molar-refractivity contribution < 1.29 is 0 Å². The molecule has 0 fully saturated rings. The Bertz CT molecular complexity index is 894. The SMILES string of the molecule is CCNC(=NCC(c1ccc(Cl)cc1)n1cccn1)N(C)Cc1csc(C)n1.I. The molecule has 1 unspecified atom stereocenters. The molecule has 1 aromatic carbocycles. The lowest BCUT2D eigenvalue weighted by Crippen LogP contribution is -2.39. The van der Waals surface area contributed by atoms with E-state index in [1.807, 2.05) is 55.2 Å². The molecule has 0 bridgehead atoms. The van der Waals surface area contributed by atoms with Crippen LogP contribution >= 0.6 is 46.9 Å². The second-order valence-electron chi connectivity index (χ2n) is 6.46. The van der Waals surface area contributed by atoms with Crippen molar-refractivity contribution in [3.8, 4) is 0 Å². The number of nitrogens with one attached hydrogen (secondary N) is 1. The number of thiazole rings is 1. The molecular formula is C20H26ClIN6S. The zero-order valence-corrected chi connectivity index (χ0v) is 20.7. The van der Waals surface area contributed by atoms with Crippen LogP contribution in [0.5, 0.6) is 0 Å². The van der Waals surface area contributed by atoms with Gasteiger partial charge in [-0.15, -0.1) is 35.3 Å². The van der Waals surface area contributed by atoms with Gasteiger partial charge < -0.3 is 10.2 Å². The minimum atomic E-state index is -0.00385. The van der Waals surface area contributed by atoms with Crippen LogP contribution in [0.15, 0.2) is 53.1 Å². The highest BCUT2D eigenvalue weighted by Gasteiger charge is 2.15. The summed E-state index contributed by atoms with van der Waals surface area (Å²) in [6.07, 6.45) is 3.75. The third-order valence-corrected chi connectivity index (χ3v) is 5.35. The van der Waals surface area contributed by atoms with E-state index in [0.29, 0.717) is 13.1 Å². The molecule has 0 amide bonds. The molecule has 156 valence electrons. The van der Waals surface area contributed by atoms with Gasteiger partial charge in [-0.25, -0.2) is 4.98 Å². The summed E-state index contributed by atoms with van der Waals surface area (Å²) in [5.41, 5.74) is 2.17. The fraction of sp³-hybridized carbons (Fsp3) is 0.350. The summed E-state index contributed by atoms with van der Waals surface area (Å²) in [5, 5.41) is 11.7. The highest BCUT2D eigenvalue weighted by molar-refractivity contribution is 14.0. The normalized spacial score (nSPS) is 12.3. The van der Waals surface area contributed by atoms with Gasteiger partial charge in [-0.3, -0.25) is 9.67 Å². The molecule has 0 saturated carbocycles. The maximum Gasteiger partial charge on any atom is 0.194 e. The molecule has 2 heterocycles. The van der Waals surface area contributed by atoms with Gasteiger partial charge in [0.2, 0.25) is 0 Å². The molecule has 3 aromatic rings. The number of halogens is 2.